The van der Waals surface area contributed by atoms with Crippen LogP contribution in [0.3, 0.4) is 0 Å². The molecule has 0 spiro atoms. The van der Waals surface area contributed by atoms with Crippen LogP contribution in [0.2, 0.25) is 0 Å². The first-order chi connectivity index (χ1) is 9.58. The summed E-state index contributed by atoms with van der Waals surface area (Å²) in [7, 11) is 1.77. The van der Waals surface area contributed by atoms with Crippen LogP contribution in [0.5, 0.6) is 0 Å². The Labute approximate surface area is 124 Å². The van der Waals surface area contributed by atoms with Crippen molar-refractivity contribution in [3.8, 4) is 0 Å². The van der Waals surface area contributed by atoms with Crippen molar-refractivity contribution >= 4 is 21.8 Å². The Morgan fingerprint density at radius 2 is 2.35 bits per heavy atom. The van der Waals surface area contributed by atoms with Crippen molar-refractivity contribution in [1.82, 2.24) is 19.8 Å². The number of hydrogen-bond acceptors (Lipinski definition) is 4. The first kappa shape index (κ1) is 13.4. The van der Waals surface area contributed by atoms with E-state index in [-0.39, 0.29) is 11.9 Å². The zero-order chi connectivity index (χ0) is 14.3. The van der Waals surface area contributed by atoms with E-state index < -0.39 is 0 Å². The molecule has 0 radical (unpaired) electrons. The van der Waals surface area contributed by atoms with Gasteiger partial charge in [0, 0.05) is 19.7 Å². The molecule has 7 heteroatoms. The molecule has 0 bridgehead atoms. The number of aromatic nitrogens is 3. The third kappa shape index (κ3) is 2.15. The van der Waals surface area contributed by atoms with Crippen molar-refractivity contribution < 1.29 is 9.32 Å². The van der Waals surface area contributed by atoms with Gasteiger partial charge in [0.1, 0.15) is 17.1 Å². The van der Waals surface area contributed by atoms with E-state index in [0.717, 1.165) is 30.8 Å². The van der Waals surface area contributed by atoms with Crippen molar-refractivity contribution in [2.75, 3.05) is 6.54 Å². The molecule has 0 aromatic carbocycles. The van der Waals surface area contributed by atoms with E-state index in [1.807, 2.05) is 17.9 Å². The summed E-state index contributed by atoms with van der Waals surface area (Å²) in [5.74, 6) is 0.737. The zero-order valence-corrected chi connectivity index (χ0v) is 12.9. The summed E-state index contributed by atoms with van der Waals surface area (Å²) in [4.78, 5) is 14.6. The Hall–Kier alpha value is -1.63. The van der Waals surface area contributed by atoms with Crippen LogP contribution < -0.4 is 0 Å². The number of likely N-dealkylation sites (tertiary alicyclic amines) is 1. The van der Waals surface area contributed by atoms with Crippen LogP contribution in [-0.4, -0.2) is 32.3 Å². The Kier molecular flexibility index (Phi) is 3.37. The van der Waals surface area contributed by atoms with Crippen molar-refractivity contribution in [2.45, 2.75) is 25.8 Å². The number of amides is 1. The van der Waals surface area contributed by atoms with Gasteiger partial charge in [-0.1, -0.05) is 5.16 Å². The molecule has 1 fully saturated rings. The van der Waals surface area contributed by atoms with E-state index in [4.69, 9.17) is 4.52 Å². The van der Waals surface area contributed by atoms with Gasteiger partial charge in [0.15, 0.2) is 0 Å². The lowest BCUT2D eigenvalue weighted by Gasteiger charge is -2.23. The van der Waals surface area contributed by atoms with Gasteiger partial charge in [-0.15, -0.1) is 0 Å². The lowest BCUT2D eigenvalue weighted by Crippen LogP contribution is -2.32. The minimum absolute atomic E-state index is 0.0123. The SMILES string of the molecule is Cc1cc([C@H]2CCCN2C(=O)c2c(Br)cnn2C)no1. The molecule has 1 aliphatic rings. The molecule has 0 aliphatic carbocycles. The minimum atomic E-state index is -0.0278. The maximum atomic E-state index is 12.7. The topological polar surface area (TPSA) is 64.2 Å². The third-order valence-electron chi connectivity index (χ3n) is 3.60. The summed E-state index contributed by atoms with van der Waals surface area (Å²) in [5, 5.41) is 8.15. The molecule has 1 saturated heterocycles. The van der Waals surface area contributed by atoms with Crippen LogP contribution in [0.1, 0.15) is 40.8 Å². The molecule has 1 aliphatic heterocycles. The fourth-order valence-electron chi connectivity index (χ4n) is 2.65. The lowest BCUT2D eigenvalue weighted by molar-refractivity contribution is 0.0718. The predicted molar refractivity (Wildman–Crippen MR) is 75.2 cm³/mol. The van der Waals surface area contributed by atoms with Crippen LogP contribution in [0.4, 0.5) is 0 Å². The maximum Gasteiger partial charge on any atom is 0.273 e. The second-order valence-corrected chi connectivity index (χ2v) is 5.84. The highest BCUT2D eigenvalue weighted by Gasteiger charge is 2.34. The number of aryl methyl sites for hydroxylation is 2. The monoisotopic (exact) mass is 338 g/mol. The molecule has 1 atom stereocenters. The summed E-state index contributed by atoms with van der Waals surface area (Å²) in [6.07, 6.45) is 3.52. The molecule has 2 aromatic heterocycles. The highest BCUT2D eigenvalue weighted by atomic mass is 79.9. The zero-order valence-electron chi connectivity index (χ0n) is 11.3. The molecule has 2 aromatic rings. The molecule has 3 heterocycles. The van der Waals surface area contributed by atoms with E-state index in [2.05, 4.69) is 26.2 Å². The molecular weight excluding hydrogens is 324 g/mol. The lowest BCUT2D eigenvalue weighted by atomic mass is 10.1. The summed E-state index contributed by atoms with van der Waals surface area (Å²) < 4.78 is 7.44. The van der Waals surface area contributed by atoms with E-state index in [0.29, 0.717) is 10.2 Å². The van der Waals surface area contributed by atoms with Crippen LogP contribution >= 0.6 is 15.9 Å². The first-order valence-corrected chi connectivity index (χ1v) is 7.29. The number of carbonyl (C=O) groups excluding carboxylic acids is 1. The molecule has 3 rings (SSSR count). The molecule has 0 N–H and O–H groups in total. The molecule has 20 heavy (non-hydrogen) atoms. The second-order valence-electron chi connectivity index (χ2n) is 4.98. The fraction of sp³-hybridized carbons (Fsp3) is 0.462. The minimum Gasteiger partial charge on any atom is -0.361 e. The van der Waals surface area contributed by atoms with Crippen LogP contribution in [-0.2, 0) is 7.05 Å². The molecule has 106 valence electrons. The number of nitrogens with zero attached hydrogens (tertiary/aromatic N) is 4. The number of rotatable bonds is 2. The largest absolute Gasteiger partial charge is 0.361 e. The summed E-state index contributed by atoms with van der Waals surface area (Å²) in [5.41, 5.74) is 1.39. The maximum absolute atomic E-state index is 12.7. The molecule has 0 unspecified atom stereocenters. The van der Waals surface area contributed by atoms with E-state index in [1.54, 1.807) is 17.9 Å². The predicted octanol–water partition coefficient (Wildman–Crippen LogP) is 2.46. The third-order valence-corrected chi connectivity index (χ3v) is 4.18. The van der Waals surface area contributed by atoms with E-state index >= 15 is 0 Å². The van der Waals surface area contributed by atoms with Gasteiger partial charge in [-0.25, -0.2) is 0 Å². The van der Waals surface area contributed by atoms with Gasteiger partial charge in [0.25, 0.3) is 5.91 Å². The van der Waals surface area contributed by atoms with Crippen molar-refractivity contribution in [3.63, 3.8) is 0 Å². The highest BCUT2D eigenvalue weighted by molar-refractivity contribution is 9.10. The number of halogens is 1. The van der Waals surface area contributed by atoms with Gasteiger partial charge in [-0.05, 0) is 35.7 Å². The Bertz CT molecular complexity index is 629. The number of hydrogen-bond donors (Lipinski definition) is 0. The van der Waals surface area contributed by atoms with Crippen molar-refractivity contribution in [3.05, 3.63) is 33.9 Å². The van der Waals surface area contributed by atoms with Crippen LogP contribution in [0, 0.1) is 6.92 Å². The van der Waals surface area contributed by atoms with E-state index in [9.17, 15) is 4.79 Å². The average Bonchev–Trinajstić information content (AvgIpc) is 3.09. The summed E-state index contributed by atoms with van der Waals surface area (Å²) in [6, 6.07) is 1.89. The number of carbonyl (C=O) groups is 1. The van der Waals surface area contributed by atoms with Gasteiger partial charge < -0.3 is 9.42 Å². The van der Waals surface area contributed by atoms with Crippen molar-refractivity contribution in [2.24, 2.45) is 7.05 Å². The van der Waals surface area contributed by atoms with Gasteiger partial charge >= 0.3 is 0 Å². The fourth-order valence-corrected chi connectivity index (χ4v) is 3.17. The van der Waals surface area contributed by atoms with Crippen LogP contribution in [0.25, 0.3) is 0 Å². The molecular formula is C13H15BrN4O2. The van der Waals surface area contributed by atoms with Gasteiger partial charge in [-0.3, -0.25) is 9.48 Å². The summed E-state index contributed by atoms with van der Waals surface area (Å²) in [6.45, 7) is 2.59. The Balaban J connectivity index is 1.91. The molecule has 1 amide bonds. The first-order valence-electron chi connectivity index (χ1n) is 6.49. The van der Waals surface area contributed by atoms with E-state index in [1.165, 1.54) is 0 Å². The highest BCUT2D eigenvalue weighted by Crippen LogP contribution is 2.33. The molecule has 0 saturated carbocycles. The average molecular weight is 339 g/mol. The standard InChI is InChI=1S/C13H15BrN4O2/c1-8-6-10(16-20-8)11-4-3-5-18(11)13(19)12-9(14)7-15-17(12)2/h6-7,11H,3-5H2,1-2H3/t11-/m1/s1. The van der Waals surface area contributed by atoms with Gasteiger partial charge in [-0.2, -0.15) is 5.10 Å². The molecule has 6 nitrogen and oxygen atoms in total. The Morgan fingerprint density at radius 1 is 1.55 bits per heavy atom. The smallest absolute Gasteiger partial charge is 0.273 e. The summed E-state index contributed by atoms with van der Waals surface area (Å²) >= 11 is 3.38. The van der Waals surface area contributed by atoms with Crippen LogP contribution in [0.15, 0.2) is 21.3 Å². The second kappa shape index (κ2) is 5.05. The van der Waals surface area contributed by atoms with Gasteiger partial charge in [0.2, 0.25) is 0 Å². The van der Waals surface area contributed by atoms with Gasteiger partial charge in [0.05, 0.1) is 16.7 Å². The van der Waals surface area contributed by atoms with Crippen molar-refractivity contribution in [1.29, 1.82) is 0 Å². The quantitative estimate of drug-likeness (QED) is 0.843. The Morgan fingerprint density at radius 3 is 2.95 bits per heavy atom. The normalized spacial score (nSPS) is 18.8.